The van der Waals surface area contributed by atoms with Crippen LogP contribution in [0, 0.1) is 0 Å². The molecule has 3 N–H and O–H groups in total. The zero-order valence-corrected chi connectivity index (χ0v) is 18.0. The van der Waals surface area contributed by atoms with Crippen LogP contribution < -0.4 is 11.1 Å². The number of amides is 1. The van der Waals surface area contributed by atoms with Gasteiger partial charge in [0.05, 0.1) is 24.9 Å². The zero-order chi connectivity index (χ0) is 22.8. The highest BCUT2D eigenvalue weighted by molar-refractivity contribution is 7.05. The number of carbonyl (C=O) groups excluding carboxylic acids is 1. The van der Waals surface area contributed by atoms with Crippen LogP contribution in [0.25, 0.3) is 0 Å². The first-order chi connectivity index (χ1) is 16.0. The highest BCUT2D eigenvalue weighted by Gasteiger charge is 2.57. The lowest BCUT2D eigenvalue weighted by Crippen LogP contribution is -2.06. The van der Waals surface area contributed by atoms with E-state index in [1.54, 1.807) is 15.0 Å². The lowest BCUT2D eigenvalue weighted by molar-refractivity contribution is -0.114. The lowest BCUT2D eigenvalue weighted by Gasteiger charge is -2.03. The number of nitrogen functional groups attached to an aromatic ring is 1. The smallest absolute Gasteiger partial charge is 0.473 e. The molecule has 0 aliphatic carbocycles. The number of anilines is 2. The summed E-state index contributed by atoms with van der Waals surface area (Å²) in [5.41, 5.74) is 9.34. The van der Waals surface area contributed by atoms with E-state index in [1.165, 1.54) is 6.92 Å². The summed E-state index contributed by atoms with van der Waals surface area (Å²) in [7, 11) is 3.50. The molecule has 9 nitrogen and oxygen atoms in total. The van der Waals surface area contributed by atoms with Gasteiger partial charge in [0.2, 0.25) is 5.91 Å². The number of rotatable bonds is 7. The molecule has 6 rings (SSSR count). The molecule has 0 saturated carbocycles. The van der Waals surface area contributed by atoms with Crippen molar-refractivity contribution in [3.05, 3.63) is 59.7 Å². The number of hydrogen-bond donors (Lipinski definition) is 2. The summed E-state index contributed by atoms with van der Waals surface area (Å²) in [5.74, 6) is 1.71. The first-order valence-electron chi connectivity index (χ1n) is 10.7. The number of nitrogens with one attached hydrogen (secondary N) is 1. The summed E-state index contributed by atoms with van der Waals surface area (Å²) >= 11 is 0. The van der Waals surface area contributed by atoms with Crippen LogP contribution in [0.4, 0.5) is 11.4 Å². The molecule has 4 aliphatic heterocycles. The average Bonchev–Trinajstić information content (AvgIpc) is 3.60. The number of hydrogen-bond acceptors (Lipinski definition) is 8. The fourth-order valence-electron chi connectivity index (χ4n) is 3.22. The largest absolute Gasteiger partial charge is 0.545 e. The van der Waals surface area contributed by atoms with Crippen LogP contribution in [-0.4, -0.2) is 58.1 Å². The summed E-state index contributed by atoms with van der Waals surface area (Å²) in [4.78, 5) is 19.6. The summed E-state index contributed by atoms with van der Waals surface area (Å²) in [6.07, 6.45) is 0. The minimum Gasteiger partial charge on any atom is -0.545 e. The van der Waals surface area contributed by atoms with Crippen molar-refractivity contribution in [2.75, 3.05) is 11.1 Å². The second-order valence-corrected chi connectivity index (χ2v) is 7.99. The molecule has 1 amide bonds. The van der Waals surface area contributed by atoms with Crippen molar-refractivity contribution in [1.29, 1.82) is 0 Å². The van der Waals surface area contributed by atoms with E-state index in [2.05, 4.69) is 15.3 Å². The number of aliphatic imine (C=N–C) groups is 2. The van der Waals surface area contributed by atoms with Crippen molar-refractivity contribution >= 4 is 57.7 Å². The number of carbonyl (C=O) groups is 1. The highest BCUT2D eigenvalue weighted by atomic mass is 16.6. The number of nitrogens with zero attached hydrogens (tertiary/aromatic N) is 2. The average molecular weight is 440 g/mol. The van der Waals surface area contributed by atoms with E-state index in [0.717, 1.165) is 34.1 Å². The van der Waals surface area contributed by atoms with Crippen molar-refractivity contribution in [3.8, 4) is 0 Å². The standard InChI is InChI=1S/C11H11B2N2O3.C9H9B2N2O2/c1-7(16)15-9-4-2-3-8(5-9)6-14-11-13(18-11)10-12-17-10;12-7-3-1-2-6(4-7)5-13-9-11(15-9)8-10-14-8/h2-5,10H,6H2,1H3,(H,15,16);1-4,8H,5,12H2. The molecule has 0 spiro atoms. The summed E-state index contributed by atoms with van der Waals surface area (Å²) < 4.78 is 20.5. The molecule has 13 heteroatoms. The molecule has 4 fully saturated rings. The zero-order valence-electron chi connectivity index (χ0n) is 18.0. The maximum atomic E-state index is 10.9. The molecule has 2 aromatic rings. The van der Waals surface area contributed by atoms with Gasteiger partial charge < -0.3 is 29.7 Å². The van der Waals surface area contributed by atoms with E-state index in [4.69, 9.17) is 24.4 Å². The molecule has 4 saturated heterocycles. The summed E-state index contributed by atoms with van der Waals surface area (Å²) in [6.45, 7) is 2.76. The molecule has 2 aromatic carbocycles. The summed E-state index contributed by atoms with van der Waals surface area (Å²) in [6, 6.07) is 15.3. The van der Waals surface area contributed by atoms with E-state index >= 15 is 0 Å². The molecule has 0 bridgehead atoms. The van der Waals surface area contributed by atoms with Gasteiger partial charge in [-0.25, -0.2) is 0 Å². The third-order valence-electron chi connectivity index (χ3n) is 5.08. The maximum absolute atomic E-state index is 10.9. The van der Waals surface area contributed by atoms with E-state index in [-0.39, 0.29) is 31.5 Å². The first-order valence-corrected chi connectivity index (χ1v) is 10.7. The molecular formula is C20H20B4N4O5. The Morgan fingerprint density at radius 2 is 1.52 bits per heavy atom. The maximum Gasteiger partial charge on any atom is 0.473 e. The molecule has 33 heavy (non-hydrogen) atoms. The van der Waals surface area contributed by atoms with Gasteiger partial charge in [0, 0.05) is 18.3 Å². The van der Waals surface area contributed by atoms with Crippen molar-refractivity contribution in [2.45, 2.75) is 31.8 Å². The Labute approximate surface area is 193 Å². The molecule has 2 atom stereocenters. The topological polar surface area (TPSA) is 130 Å². The first kappa shape index (κ1) is 21.7. The van der Waals surface area contributed by atoms with E-state index in [0.29, 0.717) is 13.1 Å². The number of nitrogens with two attached hydrogens (primary N) is 1. The fraction of sp³-hybridized carbons (Fsp3) is 0.250. The van der Waals surface area contributed by atoms with Crippen molar-refractivity contribution in [3.63, 3.8) is 0 Å². The Kier molecular flexibility index (Phi) is 6.15. The van der Waals surface area contributed by atoms with Crippen LogP contribution in [-0.2, 0) is 36.5 Å². The third-order valence-corrected chi connectivity index (χ3v) is 5.08. The van der Waals surface area contributed by atoms with Gasteiger partial charge in [-0.1, -0.05) is 24.3 Å². The Hall–Kier alpha value is -3.17. The predicted molar refractivity (Wildman–Crippen MR) is 129 cm³/mol. The molecule has 162 valence electrons. The second-order valence-electron chi connectivity index (χ2n) is 7.99. The van der Waals surface area contributed by atoms with Crippen LogP contribution in [0.5, 0.6) is 0 Å². The molecule has 2 radical (unpaired) electrons. The summed E-state index contributed by atoms with van der Waals surface area (Å²) in [5, 5.41) is 2.74. The van der Waals surface area contributed by atoms with E-state index < -0.39 is 0 Å². The van der Waals surface area contributed by atoms with Crippen LogP contribution in [0.3, 0.4) is 0 Å². The highest BCUT2D eigenvalue weighted by Crippen LogP contribution is 2.24. The van der Waals surface area contributed by atoms with Crippen LogP contribution in [0.2, 0.25) is 0 Å². The lowest BCUT2D eigenvalue weighted by atomic mass is 9.65. The van der Waals surface area contributed by atoms with E-state index in [1.807, 2.05) is 48.5 Å². The molecule has 4 aliphatic rings. The normalized spacial score (nSPS) is 23.3. The van der Waals surface area contributed by atoms with Gasteiger partial charge in [-0.3, -0.25) is 14.8 Å². The Morgan fingerprint density at radius 1 is 0.970 bits per heavy atom. The van der Waals surface area contributed by atoms with Gasteiger partial charge in [0.15, 0.2) is 11.6 Å². The van der Waals surface area contributed by atoms with E-state index in [9.17, 15) is 4.79 Å². The minimum atomic E-state index is -0.0783. The van der Waals surface area contributed by atoms with Gasteiger partial charge in [-0.05, 0) is 35.4 Å². The molecule has 4 heterocycles. The molecule has 2 unspecified atom stereocenters. The van der Waals surface area contributed by atoms with Gasteiger partial charge in [0.1, 0.15) is 0 Å². The Morgan fingerprint density at radius 3 is 2.03 bits per heavy atom. The Bertz CT molecular complexity index is 1110. The Balaban J connectivity index is 0.000000140. The van der Waals surface area contributed by atoms with Crippen LogP contribution in [0.15, 0.2) is 58.5 Å². The fourth-order valence-corrected chi connectivity index (χ4v) is 3.22. The van der Waals surface area contributed by atoms with Gasteiger partial charge in [0.25, 0.3) is 0 Å². The van der Waals surface area contributed by atoms with Gasteiger partial charge in [-0.2, -0.15) is 0 Å². The third kappa shape index (κ3) is 6.43. The quantitative estimate of drug-likeness (QED) is 0.374. The molecular weight excluding hydrogens is 419 g/mol. The van der Waals surface area contributed by atoms with Crippen molar-refractivity contribution in [2.24, 2.45) is 9.98 Å². The number of benzene rings is 2. The predicted octanol–water partition coefficient (Wildman–Crippen LogP) is 0.862. The minimum absolute atomic E-state index is 0.0310. The van der Waals surface area contributed by atoms with Gasteiger partial charge in [-0.15, -0.1) is 0 Å². The van der Waals surface area contributed by atoms with Gasteiger partial charge >= 0.3 is 28.8 Å². The van der Waals surface area contributed by atoms with Crippen LogP contribution >= 0.6 is 0 Å². The van der Waals surface area contributed by atoms with Crippen molar-refractivity contribution in [1.82, 2.24) is 0 Å². The van der Waals surface area contributed by atoms with Crippen LogP contribution in [0.1, 0.15) is 18.1 Å². The second kappa shape index (κ2) is 9.36. The molecule has 0 aromatic heterocycles. The van der Waals surface area contributed by atoms with Crippen molar-refractivity contribution < 1.29 is 23.4 Å². The monoisotopic (exact) mass is 440 g/mol. The SMILES string of the molecule is CC(=O)Nc1cccc(CN=C2OB2C2[B]O2)c1.Nc1cccc(CN=C2OB2C2[B]O2)c1.